The Balaban J connectivity index is 1.86. The van der Waals surface area contributed by atoms with Crippen LogP contribution in [0, 0.1) is 0 Å². The molecule has 0 spiro atoms. The highest BCUT2D eigenvalue weighted by atomic mass is 35.5. The van der Waals surface area contributed by atoms with Crippen LogP contribution >= 0.6 is 11.6 Å². The summed E-state index contributed by atoms with van der Waals surface area (Å²) in [6, 6.07) is 15.0. The molecule has 0 fully saturated rings. The van der Waals surface area contributed by atoms with Crippen LogP contribution in [0.2, 0.25) is 5.02 Å². The number of carbonyl (C=O) groups is 2. The Bertz CT molecular complexity index is 1140. The van der Waals surface area contributed by atoms with Crippen molar-refractivity contribution in [2.24, 2.45) is 5.73 Å². The van der Waals surface area contributed by atoms with Gasteiger partial charge in [-0.1, -0.05) is 48.0 Å². The fourth-order valence-corrected chi connectivity index (χ4v) is 3.69. The van der Waals surface area contributed by atoms with E-state index in [0.717, 1.165) is 28.8 Å². The second-order valence-corrected chi connectivity index (χ2v) is 6.97. The van der Waals surface area contributed by atoms with Gasteiger partial charge < -0.3 is 10.5 Å². The fraction of sp³-hybridized carbons (Fsp3) is 0.136. The van der Waals surface area contributed by atoms with Crippen LogP contribution in [0.4, 0.5) is 0 Å². The van der Waals surface area contributed by atoms with E-state index in [1.807, 2.05) is 54.6 Å². The second-order valence-electron chi connectivity index (χ2n) is 6.56. The predicted molar refractivity (Wildman–Crippen MR) is 109 cm³/mol. The molecule has 1 aromatic heterocycles. The standard InChI is InChI=1S/C22H17ClN2O3/c23-17-7-3-1-5-13(17)11-14-9-10-16-20(22(27)28-12-19(24)26)15-6-2-4-8-18(15)25-21(14)16/h1-8,11H,9-10,12H2,(H2,24,26)/b14-11-. The molecule has 1 amide bonds. The lowest BCUT2D eigenvalue weighted by atomic mass is 10.0. The number of esters is 1. The quantitative estimate of drug-likeness (QED) is 0.680. The van der Waals surface area contributed by atoms with Crippen LogP contribution in [-0.2, 0) is 16.0 Å². The van der Waals surface area contributed by atoms with Crippen molar-refractivity contribution >= 4 is 46.0 Å². The van der Waals surface area contributed by atoms with Crippen LogP contribution in [0.25, 0.3) is 22.6 Å². The predicted octanol–water partition coefficient (Wildman–Crippen LogP) is 4.02. The summed E-state index contributed by atoms with van der Waals surface area (Å²) in [6.07, 6.45) is 3.40. The molecule has 0 radical (unpaired) electrons. The molecule has 6 heteroatoms. The summed E-state index contributed by atoms with van der Waals surface area (Å²) in [5.74, 6) is -1.25. The Morgan fingerprint density at radius 3 is 2.64 bits per heavy atom. The molecule has 0 aliphatic heterocycles. The minimum Gasteiger partial charge on any atom is -0.452 e. The van der Waals surface area contributed by atoms with E-state index < -0.39 is 18.5 Å². The maximum Gasteiger partial charge on any atom is 0.339 e. The van der Waals surface area contributed by atoms with Crippen LogP contribution in [0.3, 0.4) is 0 Å². The molecule has 1 aliphatic rings. The summed E-state index contributed by atoms with van der Waals surface area (Å²) in [6.45, 7) is -0.452. The van der Waals surface area contributed by atoms with Crippen molar-refractivity contribution in [3.63, 3.8) is 0 Å². The number of halogens is 1. The van der Waals surface area contributed by atoms with Gasteiger partial charge in [-0.15, -0.1) is 0 Å². The van der Waals surface area contributed by atoms with Gasteiger partial charge in [0, 0.05) is 10.4 Å². The highest BCUT2D eigenvalue weighted by Gasteiger charge is 2.27. The van der Waals surface area contributed by atoms with Gasteiger partial charge >= 0.3 is 5.97 Å². The lowest BCUT2D eigenvalue weighted by molar-refractivity contribution is -0.121. The van der Waals surface area contributed by atoms with E-state index in [2.05, 4.69) is 0 Å². The van der Waals surface area contributed by atoms with Crippen LogP contribution < -0.4 is 5.73 Å². The number of aromatic nitrogens is 1. The first-order valence-electron chi connectivity index (χ1n) is 8.87. The Hall–Kier alpha value is -3.18. The number of nitrogens with two attached hydrogens (primary N) is 1. The summed E-state index contributed by atoms with van der Waals surface area (Å²) in [5.41, 5.74) is 9.77. The Labute approximate surface area is 166 Å². The van der Waals surface area contributed by atoms with Crippen molar-refractivity contribution in [1.82, 2.24) is 4.98 Å². The van der Waals surface area contributed by atoms with Gasteiger partial charge in [-0.3, -0.25) is 4.79 Å². The number of pyridine rings is 1. The molecule has 1 heterocycles. The molecule has 2 aromatic carbocycles. The summed E-state index contributed by atoms with van der Waals surface area (Å²) in [4.78, 5) is 28.6. The highest BCUT2D eigenvalue weighted by molar-refractivity contribution is 6.32. The van der Waals surface area contributed by atoms with Gasteiger partial charge in [-0.05, 0) is 47.8 Å². The van der Waals surface area contributed by atoms with E-state index in [9.17, 15) is 9.59 Å². The summed E-state index contributed by atoms with van der Waals surface area (Å²) in [5, 5.41) is 1.36. The Morgan fingerprint density at radius 2 is 1.86 bits per heavy atom. The highest BCUT2D eigenvalue weighted by Crippen LogP contribution is 2.38. The first-order valence-corrected chi connectivity index (χ1v) is 9.25. The molecule has 140 valence electrons. The van der Waals surface area contributed by atoms with Crippen molar-refractivity contribution in [3.8, 4) is 0 Å². The molecule has 3 aromatic rings. The van der Waals surface area contributed by atoms with Gasteiger partial charge in [0.2, 0.25) is 0 Å². The molecule has 0 saturated heterocycles. The van der Waals surface area contributed by atoms with Gasteiger partial charge in [0.1, 0.15) is 0 Å². The van der Waals surface area contributed by atoms with Gasteiger partial charge in [-0.2, -0.15) is 0 Å². The smallest absolute Gasteiger partial charge is 0.339 e. The average molecular weight is 393 g/mol. The van der Waals surface area contributed by atoms with E-state index in [1.165, 1.54) is 0 Å². The normalized spacial score (nSPS) is 14.2. The van der Waals surface area contributed by atoms with Crippen molar-refractivity contribution in [1.29, 1.82) is 0 Å². The molecule has 28 heavy (non-hydrogen) atoms. The summed E-state index contributed by atoms with van der Waals surface area (Å²) >= 11 is 6.29. The zero-order valence-electron chi connectivity index (χ0n) is 14.9. The number of rotatable bonds is 4. The van der Waals surface area contributed by atoms with E-state index in [-0.39, 0.29) is 0 Å². The molecular weight excluding hydrogens is 376 g/mol. The molecule has 0 saturated carbocycles. The van der Waals surface area contributed by atoms with E-state index in [4.69, 9.17) is 27.1 Å². The average Bonchev–Trinajstić information content (AvgIpc) is 3.08. The third kappa shape index (κ3) is 3.37. The second kappa shape index (κ2) is 7.44. The minimum atomic E-state index is -0.692. The van der Waals surface area contributed by atoms with Crippen LogP contribution in [0.5, 0.6) is 0 Å². The number of para-hydroxylation sites is 1. The van der Waals surface area contributed by atoms with E-state index in [1.54, 1.807) is 0 Å². The largest absolute Gasteiger partial charge is 0.452 e. The minimum absolute atomic E-state index is 0.449. The van der Waals surface area contributed by atoms with Crippen LogP contribution in [-0.4, -0.2) is 23.5 Å². The number of fused-ring (bicyclic) bond motifs is 2. The first-order chi connectivity index (χ1) is 13.5. The number of amides is 1. The van der Waals surface area contributed by atoms with E-state index >= 15 is 0 Å². The lowest BCUT2D eigenvalue weighted by Crippen LogP contribution is -2.21. The van der Waals surface area contributed by atoms with Crippen molar-refractivity contribution < 1.29 is 14.3 Å². The molecule has 2 N–H and O–H groups in total. The third-order valence-electron chi connectivity index (χ3n) is 4.73. The van der Waals surface area contributed by atoms with Gasteiger partial charge in [-0.25, -0.2) is 9.78 Å². The number of hydrogen-bond acceptors (Lipinski definition) is 4. The van der Waals surface area contributed by atoms with E-state index in [0.29, 0.717) is 27.9 Å². The molecule has 4 rings (SSSR count). The molecule has 0 atom stereocenters. The Kier molecular flexibility index (Phi) is 4.84. The number of benzene rings is 2. The topological polar surface area (TPSA) is 82.3 Å². The number of allylic oxidation sites excluding steroid dienone is 1. The molecule has 0 unspecified atom stereocenters. The zero-order chi connectivity index (χ0) is 19.7. The van der Waals surface area contributed by atoms with Gasteiger partial charge in [0.25, 0.3) is 5.91 Å². The van der Waals surface area contributed by atoms with Gasteiger partial charge in [0.15, 0.2) is 6.61 Å². The van der Waals surface area contributed by atoms with Crippen LogP contribution in [0.15, 0.2) is 48.5 Å². The van der Waals surface area contributed by atoms with Gasteiger partial charge in [0.05, 0.1) is 16.8 Å². The maximum absolute atomic E-state index is 12.7. The number of carbonyl (C=O) groups excluding carboxylic acids is 2. The zero-order valence-corrected chi connectivity index (χ0v) is 15.7. The summed E-state index contributed by atoms with van der Waals surface area (Å²) in [7, 11) is 0. The fourth-order valence-electron chi connectivity index (χ4n) is 3.50. The van der Waals surface area contributed by atoms with Crippen molar-refractivity contribution in [3.05, 3.63) is 75.9 Å². The number of nitrogens with zero attached hydrogens (tertiary/aromatic N) is 1. The summed E-state index contributed by atoms with van der Waals surface area (Å²) < 4.78 is 5.11. The van der Waals surface area contributed by atoms with Crippen molar-refractivity contribution in [2.45, 2.75) is 12.8 Å². The number of ether oxygens (including phenoxy) is 1. The molecule has 0 bridgehead atoms. The number of hydrogen-bond donors (Lipinski definition) is 1. The maximum atomic E-state index is 12.7. The number of primary amides is 1. The third-order valence-corrected chi connectivity index (χ3v) is 5.07. The SMILES string of the molecule is NC(=O)COC(=O)c1c2c(nc3ccccc13)/C(=C\c1ccccc1Cl)CC2. The Morgan fingerprint density at radius 1 is 1.11 bits per heavy atom. The van der Waals surface area contributed by atoms with Crippen LogP contribution in [0.1, 0.15) is 33.6 Å². The first kappa shape index (κ1) is 18.2. The molecule has 5 nitrogen and oxygen atoms in total. The monoisotopic (exact) mass is 392 g/mol. The van der Waals surface area contributed by atoms with Crippen molar-refractivity contribution in [2.75, 3.05) is 6.61 Å². The lowest BCUT2D eigenvalue weighted by Gasteiger charge is -2.12. The molecular formula is C22H17ClN2O3. The molecule has 1 aliphatic carbocycles.